The van der Waals surface area contributed by atoms with Crippen molar-refractivity contribution >= 4 is 38.3 Å². The predicted molar refractivity (Wildman–Crippen MR) is 104 cm³/mol. The Labute approximate surface area is 169 Å². The highest BCUT2D eigenvalue weighted by molar-refractivity contribution is 14.1. The van der Waals surface area contributed by atoms with Crippen LogP contribution in [-0.4, -0.2) is 33.8 Å². The van der Waals surface area contributed by atoms with Gasteiger partial charge in [0.05, 0.1) is 20.5 Å². The largest absolute Gasteiger partial charge is 0.492 e. The van der Waals surface area contributed by atoms with Crippen LogP contribution in [-0.2, 0) is 16.4 Å². The third-order valence-corrected chi connectivity index (χ3v) is 6.54. The van der Waals surface area contributed by atoms with Gasteiger partial charge < -0.3 is 14.2 Å². The highest BCUT2D eigenvalue weighted by Gasteiger charge is 2.24. The number of nitro benzene ring substituents is 1. The number of nitrogens with one attached hydrogen (secondary N) is 1. The maximum absolute atomic E-state index is 12.3. The van der Waals surface area contributed by atoms with Crippen LogP contribution in [0.25, 0.3) is 0 Å². The number of nitro groups is 1. The first kappa shape index (κ1) is 19.6. The van der Waals surface area contributed by atoms with Gasteiger partial charge in [-0.15, -0.1) is 0 Å². The molecule has 0 fully saturated rings. The zero-order valence-corrected chi connectivity index (χ0v) is 17.1. The Balaban J connectivity index is 1.71. The van der Waals surface area contributed by atoms with E-state index in [1.807, 2.05) is 0 Å². The minimum absolute atomic E-state index is 0.0361. The van der Waals surface area contributed by atoms with Gasteiger partial charge in [0.15, 0.2) is 11.5 Å². The number of rotatable bonds is 7. The molecular weight excluding hydrogens is 491 g/mol. The van der Waals surface area contributed by atoms with E-state index in [2.05, 4.69) is 27.3 Å². The first-order chi connectivity index (χ1) is 12.8. The Morgan fingerprint density at radius 1 is 1.30 bits per heavy atom. The van der Waals surface area contributed by atoms with Crippen molar-refractivity contribution in [2.75, 3.05) is 20.4 Å². The summed E-state index contributed by atoms with van der Waals surface area (Å²) in [4.78, 5) is 10.0. The summed E-state index contributed by atoms with van der Waals surface area (Å²) in [5.41, 5.74) is 0.680. The molecule has 1 aliphatic heterocycles. The average Bonchev–Trinajstić information content (AvgIpc) is 3.10. The highest BCUT2D eigenvalue weighted by Crippen LogP contribution is 2.45. The van der Waals surface area contributed by atoms with Crippen LogP contribution in [0.4, 0.5) is 5.69 Å². The second kappa shape index (κ2) is 7.86. The molecule has 3 rings (SSSR count). The lowest BCUT2D eigenvalue weighted by atomic mass is 10.1. The van der Waals surface area contributed by atoms with Crippen molar-refractivity contribution in [3.8, 4) is 17.2 Å². The molecule has 1 heterocycles. The molecule has 0 unspecified atom stereocenters. The van der Waals surface area contributed by atoms with Crippen LogP contribution >= 0.6 is 22.6 Å². The molecule has 0 aliphatic carbocycles. The molecule has 27 heavy (non-hydrogen) atoms. The molecule has 11 heteroatoms. The van der Waals surface area contributed by atoms with E-state index in [1.54, 1.807) is 6.07 Å². The molecule has 0 radical (unpaired) electrons. The molecule has 2 aromatic rings. The van der Waals surface area contributed by atoms with E-state index in [-0.39, 0.29) is 23.9 Å². The van der Waals surface area contributed by atoms with Crippen LogP contribution in [0.5, 0.6) is 17.2 Å². The summed E-state index contributed by atoms with van der Waals surface area (Å²) < 4.78 is 44.1. The van der Waals surface area contributed by atoms with Gasteiger partial charge >= 0.3 is 0 Å². The van der Waals surface area contributed by atoms with Crippen LogP contribution in [0.15, 0.2) is 35.2 Å². The van der Waals surface area contributed by atoms with Crippen molar-refractivity contribution in [2.24, 2.45) is 0 Å². The first-order valence-electron chi connectivity index (χ1n) is 7.72. The van der Waals surface area contributed by atoms with Crippen LogP contribution in [0.3, 0.4) is 0 Å². The summed E-state index contributed by atoms with van der Waals surface area (Å²) in [5, 5.41) is 10.7. The van der Waals surface area contributed by atoms with Gasteiger partial charge in [0, 0.05) is 18.7 Å². The van der Waals surface area contributed by atoms with Crippen molar-refractivity contribution in [1.29, 1.82) is 0 Å². The lowest BCUT2D eigenvalue weighted by molar-refractivity contribution is -0.384. The van der Waals surface area contributed by atoms with Crippen molar-refractivity contribution in [3.05, 3.63) is 49.6 Å². The zero-order valence-electron chi connectivity index (χ0n) is 14.1. The van der Waals surface area contributed by atoms with Gasteiger partial charge in [-0.25, -0.2) is 13.1 Å². The molecule has 0 saturated heterocycles. The van der Waals surface area contributed by atoms with Gasteiger partial charge in [0.1, 0.15) is 0 Å². The van der Waals surface area contributed by atoms with Crippen LogP contribution < -0.4 is 18.9 Å². The Bertz CT molecular complexity index is 977. The van der Waals surface area contributed by atoms with Gasteiger partial charge in [-0.1, -0.05) is 0 Å². The molecule has 2 aromatic carbocycles. The monoisotopic (exact) mass is 506 g/mol. The molecule has 0 saturated carbocycles. The second-order valence-corrected chi connectivity index (χ2v) is 8.36. The number of ether oxygens (including phenoxy) is 3. The van der Waals surface area contributed by atoms with Gasteiger partial charge in [0.2, 0.25) is 22.6 Å². The quantitative estimate of drug-likeness (QED) is 0.348. The fraction of sp³-hybridized carbons (Fsp3) is 0.250. The number of hydrogen-bond acceptors (Lipinski definition) is 7. The Kier molecular flexibility index (Phi) is 5.72. The van der Waals surface area contributed by atoms with Gasteiger partial charge in [-0.2, -0.15) is 0 Å². The van der Waals surface area contributed by atoms with E-state index in [9.17, 15) is 18.5 Å². The lowest BCUT2D eigenvalue weighted by Gasteiger charge is -2.12. The molecule has 0 aromatic heterocycles. The minimum atomic E-state index is -3.78. The Morgan fingerprint density at radius 3 is 2.63 bits per heavy atom. The number of non-ortho nitro benzene ring substituents is 1. The third-order valence-electron chi connectivity index (χ3n) is 3.88. The highest BCUT2D eigenvalue weighted by atomic mass is 127. The van der Waals surface area contributed by atoms with E-state index in [0.29, 0.717) is 23.7 Å². The van der Waals surface area contributed by atoms with E-state index >= 15 is 0 Å². The number of nitrogens with zero attached hydrogens (tertiary/aromatic N) is 1. The zero-order chi connectivity index (χ0) is 19.6. The fourth-order valence-corrected chi connectivity index (χ4v) is 4.48. The number of benzene rings is 2. The molecule has 9 nitrogen and oxygen atoms in total. The average molecular weight is 506 g/mol. The topological polar surface area (TPSA) is 117 Å². The normalized spacial score (nSPS) is 12.8. The Hall–Kier alpha value is -2.12. The van der Waals surface area contributed by atoms with Crippen molar-refractivity contribution in [3.63, 3.8) is 0 Å². The molecule has 1 aliphatic rings. The Morgan fingerprint density at radius 2 is 2.00 bits per heavy atom. The molecule has 1 N–H and O–H groups in total. The lowest BCUT2D eigenvalue weighted by Crippen LogP contribution is -2.26. The predicted octanol–water partition coefficient (Wildman–Crippen LogP) is 2.46. The summed E-state index contributed by atoms with van der Waals surface area (Å²) in [6.07, 6.45) is 0.400. The maximum Gasteiger partial charge on any atom is 0.269 e. The summed E-state index contributed by atoms with van der Waals surface area (Å²) in [6.45, 7) is 0.246. The molecule has 0 spiro atoms. The van der Waals surface area contributed by atoms with E-state index in [0.717, 1.165) is 21.3 Å². The summed E-state index contributed by atoms with van der Waals surface area (Å²) in [7, 11) is -2.25. The van der Waals surface area contributed by atoms with Crippen LogP contribution in [0.2, 0.25) is 0 Å². The number of halogens is 1. The third kappa shape index (κ3) is 4.09. The minimum Gasteiger partial charge on any atom is -0.492 e. The molecule has 144 valence electrons. The fourth-order valence-electron chi connectivity index (χ4n) is 2.55. The van der Waals surface area contributed by atoms with E-state index in [1.165, 1.54) is 19.2 Å². The van der Waals surface area contributed by atoms with Gasteiger partial charge in [-0.3, -0.25) is 10.1 Å². The number of methoxy groups -OCH3 is 1. The number of sulfonamides is 1. The van der Waals surface area contributed by atoms with Crippen LogP contribution in [0, 0.1) is 13.7 Å². The maximum atomic E-state index is 12.3. The van der Waals surface area contributed by atoms with E-state index < -0.39 is 14.9 Å². The van der Waals surface area contributed by atoms with Crippen molar-refractivity contribution in [2.45, 2.75) is 11.3 Å². The van der Waals surface area contributed by atoms with E-state index in [4.69, 9.17) is 14.2 Å². The molecule has 0 amide bonds. The van der Waals surface area contributed by atoms with Crippen molar-refractivity contribution in [1.82, 2.24) is 4.72 Å². The first-order valence-corrected chi connectivity index (χ1v) is 10.3. The standard InChI is InChI=1S/C16H15IN2O7S/c1-24-16-14(17)10(8-13-15(16)26-9-25-13)6-7-18-27(22,23)12-4-2-11(3-5-12)19(20)21/h2-5,8,18H,6-7,9H2,1H3. The molecule has 0 bridgehead atoms. The summed E-state index contributed by atoms with van der Waals surface area (Å²) >= 11 is 2.11. The van der Waals surface area contributed by atoms with Gasteiger partial charge in [0.25, 0.3) is 5.69 Å². The summed E-state index contributed by atoms with van der Waals surface area (Å²) in [6, 6.07) is 6.51. The number of hydrogen-bond donors (Lipinski definition) is 1. The molecular formula is C16H15IN2O7S. The van der Waals surface area contributed by atoms with Gasteiger partial charge in [-0.05, 0) is 52.8 Å². The number of fused-ring (bicyclic) bond motifs is 1. The SMILES string of the molecule is COc1c(I)c(CCNS(=O)(=O)c2ccc([N+](=O)[O-])cc2)cc2c1OCO2. The molecule has 0 atom stereocenters. The van der Waals surface area contributed by atoms with Crippen LogP contribution in [0.1, 0.15) is 5.56 Å². The smallest absolute Gasteiger partial charge is 0.269 e. The summed E-state index contributed by atoms with van der Waals surface area (Å²) in [5.74, 6) is 1.65. The van der Waals surface area contributed by atoms with Crippen molar-refractivity contribution < 1.29 is 27.6 Å². The second-order valence-electron chi connectivity index (χ2n) is 5.52.